The Morgan fingerprint density at radius 1 is 1.26 bits per heavy atom. The van der Waals surface area contributed by atoms with Gasteiger partial charge in [-0.15, -0.1) is 0 Å². The molecule has 9 heteroatoms. The quantitative estimate of drug-likeness (QED) is 0.338. The second-order valence-electron chi connectivity index (χ2n) is 7.26. The van der Waals surface area contributed by atoms with E-state index in [1.165, 1.54) is 19.1 Å². The molecule has 0 aliphatic carbocycles. The van der Waals surface area contributed by atoms with E-state index in [1.54, 1.807) is 0 Å². The molecule has 2 N–H and O–H groups in total. The van der Waals surface area contributed by atoms with Gasteiger partial charge >= 0.3 is 0 Å². The van der Waals surface area contributed by atoms with Gasteiger partial charge in [0.2, 0.25) is 10.0 Å². The maximum absolute atomic E-state index is 11.1. The van der Waals surface area contributed by atoms with Crippen LogP contribution >= 0.6 is 0 Å². The van der Waals surface area contributed by atoms with Gasteiger partial charge in [-0.1, -0.05) is 0 Å². The van der Waals surface area contributed by atoms with Crippen molar-refractivity contribution in [1.29, 1.82) is 0 Å². The fourth-order valence-corrected chi connectivity index (χ4v) is 3.88. The number of guanidine groups is 1. The van der Waals surface area contributed by atoms with Crippen LogP contribution in [0.2, 0.25) is 0 Å². The first-order valence-electron chi connectivity index (χ1n) is 10.2. The zero-order valence-electron chi connectivity index (χ0n) is 16.8. The third kappa shape index (κ3) is 9.23. The van der Waals surface area contributed by atoms with E-state index < -0.39 is 10.0 Å². The summed E-state index contributed by atoms with van der Waals surface area (Å²) in [6.07, 6.45) is 7.95. The standard InChI is InChI=1S/C18H36N4O4S/c1-3-19-18(20-10-6-11-21-27(2,23)24)22-12-8-16(9-13-22)26-15-17-7-4-5-14-25-17/h16-17,21H,3-15H2,1-2H3,(H,19,20). The van der Waals surface area contributed by atoms with Crippen LogP contribution in [0.15, 0.2) is 4.99 Å². The average molecular weight is 405 g/mol. The number of hydrogen-bond donors (Lipinski definition) is 2. The van der Waals surface area contributed by atoms with E-state index in [4.69, 9.17) is 9.47 Å². The summed E-state index contributed by atoms with van der Waals surface area (Å²) in [6, 6.07) is 0. The van der Waals surface area contributed by atoms with Crippen LogP contribution in [0, 0.1) is 0 Å². The van der Waals surface area contributed by atoms with Crippen LogP contribution in [0.4, 0.5) is 0 Å². The van der Waals surface area contributed by atoms with Gasteiger partial charge in [-0.05, 0) is 45.4 Å². The molecular formula is C18H36N4O4S. The Kier molecular flexibility index (Phi) is 9.81. The summed E-state index contributed by atoms with van der Waals surface area (Å²) >= 11 is 0. The Labute approximate surface area is 164 Å². The lowest BCUT2D eigenvalue weighted by Crippen LogP contribution is -2.47. The molecule has 1 unspecified atom stereocenters. The maximum atomic E-state index is 11.1. The second kappa shape index (κ2) is 11.8. The predicted octanol–water partition coefficient (Wildman–Crippen LogP) is 0.941. The fourth-order valence-electron chi connectivity index (χ4n) is 3.36. The van der Waals surface area contributed by atoms with Crippen molar-refractivity contribution in [3.8, 4) is 0 Å². The lowest BCUT2D eigenvalue weighted by molar-refractivity contribution is -0.0721. The number of aliphatic imine (C=N–C) groups is 1. The van der Waals surface area contributed by atoms with E-state index >= 15 is 0 Å². The van der Waals surface area contributed by atoms with Gasteiger partial charge in [0.1, 0.15) is 0 Å². The summed E-state index contributed by atoms with van der Waals surface area (Å²) in [7, 11) is -3.12. The molecule has 0 saturated carbocycles. The van der Waals surface area contributed by atoms with Crippen LogP contribution in [0.3, 0.4) is 0 Å². The zero-order valence-corrected chi connectivity index (χ0v) is 17.6. The summed E-state index contributed by atoms with van der Waals surface area (Å²) in [5.41, 5.74) is 0. The molecule has 1 atom stereocenters. The molecule has 2 heterocycles. The van der Waals surface area contributed by atoms with Crippen molar-refractivity contribution in [3.63, 3.8) is 0 Å². The lowest BCUT2D eigenvalue weighted by atomic mass is 10.1. The minimum absolute atomic E-state index is 0.274. The Morgan fingerprint density at radius 3 is 2.67 bits per heavy atom. The molecule has 2 aliphatic heterocycles. The number of likely N-dealkylation sites (tertiary alicyclic amines) is 1. The van der Waals surface area contributed by atoms with Gasteiger partial charge in [0.05, 0.1) is 25.1 Å². The van der Waals surface area contributed by atoms with Gasteiger partial charge in [0, 0.05) is 39.3 Å². The lowest BCUT2D eigenvalue weighted by Gasteiger charge is -2.35. The highest BCUT2D eigenvalue weighted by molar-refractivity contribution is 7.88. The second-order valence-corrected chi connectivity index (χ2v) is 9.10. The first-order chi connectivity index (χ1) is 13.0. The topological polar surface area (TPSA) is 92.3 Å². The molecule has 0 radical (unpaired) electrons. The SMILES string of the molecule is CCNC(=NCCCNS(C)(=O)=O)N1CCC(OCC2CCCCO2)CC1. The highest BCUT2D eigenvalue weighted by Crippen LogP contribution is 2.18. The molecule has 2 saturated heterocycles. The summed E-state index contributed by atoms with van der Waals surface area (Å²) in [5, 5.41) is 3.33. The smallest absolute Gasteiger partial charge is 0.208 e. The molecular weight excluding hydrogens is 368 g/mol. The minimum Gasteiger partial charge on any atom is -0.376 e. The molecule has 0 spiro atoms. The molecule has 0 aromatic rings. The van der Waals surface area contributed by atoms with Crippen molar-refractivity contribution >= 4 is 16.0 Å². The molecule has 0 aromatic carbocycles. The third-order valence-electron chi connectivity index (χ3n) is 4.83. The first kappa shape index (κ1) is 22.4. The highest BCUT2D eigenvalue weighted by atomic mass is 32.2. The van der Waals surface area contributed by atoms with Crippen LogP contribution in [-0.4, -0.2) is 83.7 Å². The van der Waals surface area contributed by atoms with Gasteiger partial charge in [0.15, 0.2) is 5.96 Å². The number of nitrogens with one attached hydrogen (secondary N) is 2. The van der Waals surface area contributed by atoms with E-state index in [2.05, 4.69) is 26.9 Å². The summed E-state index contributed by atoms with van der Waals surface area (Å²) in [6.45, 7) is 7.31. The molecule has 0 bridgehead atoms. The van der Waals surface area contributed by atoms with Crippen LogP contribution in [-0.2, 0) is 19.5 Å². The molecule has 27 heavy (non-hydrogen) atoms. The molecule has 158 valence electrons. The molecule has 2 fully saturated rings. The Balaban J connectivity index is 1.69. The van der Waals surface area contributed by atoms with Gasteiger partial charge < -0.3 is 19.7 Å². The van der Waals surface area contributed by atoms with E-state index in [0.717, 1.165) is 51.5 Å². The zero-order chi connectivity index (χ0) is 19.5. The third-order valence-corrected chi connectivity index (χ3v) is 5.56. The van der Waals surface area contributed by atoms with Gasteiger partial charge in [0.25, 0.3) is 0 Å². The van der Waals surface area contributed by atoms with Crippen LogP contribution < -0.4 is 10.0 Å². The number of sulfonamides is 1. The average Bonchev–Trinajstić information content (AvgIpc) is 2.66. The predicted molar refractivity (Wildman–Crippen MR) is 108 cm³/mol. The fraction of sp³-hybridized carbons (Fsp3) is 0.944. The Bertz CT molecular complexity index is 542. The normalized spacial score (nSPS) is 22.8. The van der Waals surface area contributed by atoms with Crippen LogP contribution in [0.5, 0.6) is 0 Å². The largest absolute Gasteiger partial charge is 0.376 e. The maximum Gasteiger partial charge on any atom is 0.208 e. The van der Waals surface area contributed by atoms with Gasteiger partial charge in [-0.25, -0.2) is 13.1 Å². The molecule has 0 aromatic heterocycles. The molecule has 2 aliphatic rings. The van der Waals surface area contributed by atoms with E-state index in [0.29, 0.717) is 32.2 Å². The molecule has 0 amide bonds. The number of rotatable bonds is 9. The number of hydrogen-bond acceptors (Lipinski definition) is 5. The van der Waals surface area contributed by atoms with E-state index in [1.807, 2.05) is 0 Å². The summed E-state index contributed by atoms with van der Waals surface area (Å²) in [5.74, 6) is 0.908. The van der Waals surface area contributed by atoms with Crippen LogP contribution in [0.25, 0.3) is 0 Å². The van der Waals surface area contributed by atoms with Crippen molar-refractivity contribution in [3.05, 3.63) is 0 Å². The van der Waals surface area contributed by atoms with Crippen molar-refractivity contribution in [2.24, 2.45) is 4.99 Å². The van der Waals surface area contributed by atoms with Crippen molar-refractivity contribution in [1.82, 2.24) is 14.9 Å². The van der Waals surface area contributed by atoms with Crippen molar-refractivity contribution < 1.29 is 17.9 Å². The number of ether oxygens (including phenoxy) is 2. The van der Waals surface area contributed by atoms with E-state index in [9.17, 15) is 8.42 Å². The minimum atomic E-state index is -3.12. The van der Waals surface area contributed by atoms with Gasteiger partial charge in [-0.2, -0.15) is 0 Å². The Morgan fingerprint density at radius 2 is 2.04 bits per heavy atom. The highest BCUT2D eigenvalue weighted by Gasteiger charge is 2.23. The summed E-state index contributed by atoms with van der Waals surface area (Å²) < 4.78 is 36.5. The first-order valence-corrected chi connectivity index (χ1v) is 12.1. The van der Waals surface area contributed by atoms with Crippen molar-refractivity contribution in [2.45, 2.75) is 57.7 Å². The van der Waals surface area contributed by atoms with E-state index in [-0.39, 0.29) is 6.10 Å². The monoisotopic (exact) mass is 404 g/mol. The molecule has 8 nitrogen and oxygen atoms in total. The van der Waals surface area contributed by atoms with Crippen molar-refractivity contribution in [2.75, 3.05) is 52.2 Å². The summed E-state index contributed by atoms with van der Waals surface area (Å²) in [4.78, 5) is 6.91. The number of piperidine rings is 1. The number of nitrogens with zero attached hydrogens (tertiary/aromatic N) is 2. The molecule has 2 rings (SSSR count). The van der Waals surface area contributed by atoms with Crippen LogP contribution in [0.1, 0.15) is 45.4 Å². The van der Waals surface area contributed by atoms with Gasteiger partial charge in [-0.3, -0.25) is 4.99 Å². The Hall–Kier alpha value is -0.900.